The van der Waals surface area contributed by atoms with Crippen molar-refractivity contribution in [3.05, 3.63) is 34.9 Å². The van der Waals surface area contributed by atoms with Crippen LogP contribution in [0.5, 0.6) is 0 Å². The van der Waals surface area contributed by atoms with Crippen molar-refractivity contribution < 1.29 is 19.4 Å². The number of aliphatic carboxylic acids is 1. The molecule has 0 radical (unpaired) electrons. The molecule has 1 aromatic rings. The van der Waals surface area contributed by atoms with E-state index in [0.29, 0.717) is 10.6 Å². The molecule has 0 bridgehead atoms. The van der Waals surface area contributed by atoms with E-state index >= 15 is 0 Å². The van der Waals surface area contributed by atoms with Gasteiger partial charge in [0, 0.05) is 10.6 Å². The molecular weight excluding hydrogens is 270 g/mol. The molecule has 1 aromatic carbocycles. The maximum Gasteiger partial charge on any atom is 0.408 e. The van der Waals surface area contributed by atoms with Crippen LogP contribution >= 0.6 is 11.6 Å². The summed E-state index contributed by atoms with van der Waals surface area (Å²) in [7, 11) is 0. The number of carbonyl (C=O) groups excluding carboxylic acids is 1. The van der Waals surface area contributed by atoms with Crippen LogP contribution in [0.4, 0.5) is 4.79 Å². The molecule has 1 amide bonds. The summed E-state index contributed by atoms with van der Waals surface area (Å²) in [4.78, 5) is 22.4. The summed E-state index contributed by atoms with van der Waals surface area (Å²) in [5, 5.41) is 11.7. The van der Waals surface area contributed by atoms with Gasteiger partial charge in [0.05, 0.1) is 0 Å². The maximum atomic E-state index is 11.5. The standard InChI is InChI=1S/C13H16ClNO4/c1-8(2)11(12(16)17)15-13(18)19-7-9-5-3-4-6-10(9)14/h3-6,8,11H,7H2,1-2H3,(H,15,18)(H,16,17)/t11-/m0/s1. The molecular formula is C13H16ClNO4. The Morgan fingerprint density at radius 1 is 1.37 bits per heavy atom. The third kappa shape index (κ3) is 4.79. The zero-order valence-electron chi connectivity index (χ0n) is 10.7. The lowest BCUT2D eigenvalue weighted by Crippen LogP contribution is -2.44. The first-order chi connectivity index (χ1) is 8.91. The van der Waals surface area contributed by atoms with Gasteiger partial charge in [0.1, 0.15) is 12.6 Å². The molecule has 0 aliphatic rings. The minimum atomic E-state index is -1.09. The summed E-state index contributed by atoms with van der Waals surface area (Å²) in [6, 6.07) is 5.99. The van der Waals surface area contributed by atoms with E-state index in [4.69, 9.17) is 21.4 Å². The first-order valence-electron chi connectivity index (χ1n) is 5.81. The van der Waals surface area contributed by atoms with E-state index in [1.807, 2.05) is 0 Å². The van der Waals surface area contributed by atoms with E-state index in [2.05, 4.69) is 5.32 Å². The first-order valence-corrected chi connectivity index (χ1v) is 6.19. The van der Waals surface area contributed by atoms with Gasteiger partial charge < -0.3 is 15.2 Å². The molecule has 0 heterocycles. The molecule has 0 fully saturated rings. The van der Waals surface area contributed by atoms with Crippen molar-refractivity contribution in [1.82, 2.24) is 5.32 Å². The zero-order valence-corrected chi connectivity index (χ0v) is 11.5. The predicted molar refractivity (Wildman–Crippen MR) is 71.0 cm³/mol. The molecule has 0 saturated carbocycles. The van der Waals surface area contributed by atoms with E-state index in [1.165, 1.54) is 0 Å². The highest BCUT2D eigenvalue weighted by Gasteiger charge is 2.24. The van der Waals surface area contributed by atoms with Crippen molar-refractivity contribution in [2.75, 3.05) is 0 Å². The third-order valence-electron chi connectivity index (χ3n) is 2.52. The van der Waals surface area contributed by atoms with Gasteiger partial charge in [-0.25, -0.2) is 9.59 Å². The molecule has 104 valence electrons. The summed E-state index contributed by atoms with van der Waals surface area (Å²) in [6.45, 7) is 3.40. The molecule has 0 aliphatic carbocycles. The topological polar surface area (TPSA) is 75.6 Å². The Labute approximate surface area is 116 Å². The normalized spacial score (nSPS) is 12.0. The average Bonchev–Trinajstić information content (AvgIpc) is 2.34. The van der Waals surface area contributed by atoms with Crippen LogP contribution in [0.1, 0.15) is 19.4 Å². The van der Waals surface area contributed by atoms with E-state index in [1.54, 1.807) is 38.1 Å². The van der Waals surface area contributed by atoms with Crippen molar-refractivity contribution in [2.45, 2.75) is 26.5 Å². The fourth-order valence-electron chi connectivity index (χ4n) is 1.44. The lowest BCUT2D eigenvalue weighted by molar-refractivity contribution is -0.140. The predicted octanol–water partition coefficient (Wildman–Crippen LogP) is 2.68. The number of hydrogen-bond acceptors (Lipinski definition) is 3. The second kappa shape index (κ2) is 6.99. The minimum Gasteiger partial charge on any atom is -0.480 e. The highest BCUT2D eigenvalue weighted by molar-refractivity contribution is 6.31. The minimum absolute atomic E-state index is 0.00403. The third-order valence-corrected chi connectivity index (χ3v) is 2.89. The number of carboxylic acid groups (broad SMARTS) is 1. The van der Waals surface area contributed by atoms with Crippen molar-refractivity contribution in [3.8, 4) is 0 Å². The molecule has 1 atom stereocenters. The number of hydrogen-bond donors (Lipinski definition) is 2. The van der Waals surface area contributed by atoms with Gasteiger partial charge in [-0.3, -0.25) is 0 Å². The van der Waals surface area contributed by atoms with Crippen LogP contribution in [-0.4, -0.2) is 23.2 Å². The molecule has 0 aliphatic heterocycles. The molecule has 0 unspecified atom stereocenters. The quantitative estimate of drug-likeness (QED) is 0.872. The van der Waals surface area contributed by atoms with Crippen molar-refractivity contribution in [3.63, 3.8) is 0 Å². The molecule has 1 rings (SSSR count). The first kappa shape index (κ1) is 15.3. The van der Waals surface area contributed by atoms with Crippen molar-refractivity contribution >= 4 is 23.7 Å². The van der Waals surface area contributed by atoms with Gasteiger partial charge in [0.2, 0.25) is 0 Å². The van der Waals surface area contributed by atoms with Gasteiger partial charge in [-0.15, -0.1) is 0 Å². The van der Waals surface area contributed by atoms with Crippen molar-refractivity contribution in [1.29, 1.82) is 0 Å². The fraction of sp³-hybridized carbons (Fsp3) is 0.385. The largest absolute Gasteiger partial charge is 0.480 e. The van der Waals surface area contributed by atoms with Crippen LogP contribution in [0.3, 0.4) is 0 Å². The van der Waals surface area contributed by atoms with E-state index in [9.17, 15) is 9.59 Å². The highest BCUT2D eigenvalue weighted by atomic mass is 35.5. The number of amides is 1. The number of halogens is 1. The lowest BCUT2D eigenvalue weighted by Gasteiger charge is -2.17. The smallest absolute Gasteiger partial charge is 0.408 e. The summed E-state index contributed by atoms with van der Waals surface area (Å²) >= 11 is 5.91. The molecule has 0 saturated heterocycles. The molecule has 5 nitrogen and oxygen atoms in total. The highest BCUT2D eigenvalue weighted by Crippen LogP contribution is 2.15. The Kier molecular flexibility index (Phi) is 5.63. The number of carboxylic acids is 1. The lowest BCUT2D eigenvalue weighted by atomic mass is 10.1. The van der Waals surface area contributed by atoms with Gasteiger partial charge in [-0.05, 0) is 12.0 Å². The molecule has 19 heavy (non-hydrogen) atoms. The Morgan fingerprint density at radius 2 is 2.00 bits per heavy atom. The Hall–Kier alpha value is -1.75. The van der Waals surface area contributed by atoms with Crippen LogP contribution in [0.2, 0.25) is 5.02 Å². The fourth-order valence-corrected chi connectivity index (χ4v) is 1.63. The number of nitrogens with one attached hydrogen (secondary N) is 1. The molecule has 0 aromatic heterocycles. The molecule has 6 heteroatoms. The Morgan fingerprint density at radius 3 is 2.53 bits per heavy atom. The summed E-state index contributed by atoms with van der Waals surface area (Å²) in [6.07, 6.45) is -0.777. The summed E-state index contributed by atoms with van der Waals surface area (Å²) < 4.78 is 4.94. The summed E-state index contributed by atoms with van der Waals surface area (Å²) in [5.41, 5.74) is 0.663. The number of alkyl carbamates (subject to hydrolysis) is 1. The van der Waals surface area contributed by atoms with E-state index in [-0.39, 0.29) is 12.5 Å². The molecule has 0 spiro atoms. The van der Waals surface area contributed by atoms with Gasteiger partial charge in [-0.2, -0.15) is 0 Å². The Bertz CT molecular complexity index is 462. The van der Waals surface area contributed by atoms with Crippen LogP contribution in [0.15, 0.2) is 24.3 Å². The van der Waals surface area contributed by atoms with Gasteiger partial charge >= 0.3 is 12.1 Å². The average molecular weight is 286 g/mol. The SMILES string of the molecule is CC(C)[C@H](NC(=O)OCc1ccccc1Cl)C(=O)O. The van der Waals surface area contributed by atoms with Crippen LogP contribution in [0, 0.1) is 5.92 Å². The number of benzene rings is 1. The second-order valence-electron chi connectivity index (χ2n) is 4.37. The van der Waals surface area contributed by atoms with Gasteiger partial charge in [0.25, 0.3) is 0 Å². The zero-order chi connectivity index (χ0) is 14.4. The van der Waals surface area contributed by atoms with Gasteiger partial charge in [0.15, 0.2) is 0 Å². The summed E-state index contributed by atoms with van der Waals surface area (Å²) in [5.74, 6) is -1.32. The number of carbonyl (C=O) groups is 2. The van der Waals surface area contributed by atoms with E-state index in [0.717, 1.165) is 0 Å². The maximum absolute atomic E-state index is 11.5. The number of ether oxygens (including phenoxy) is 1. The number of rotatable bonds is 5. The van der Waals surface area contributed by atoms with Gasteiger partial charge in [-0.1, -0.05) is 43.6 Å². The van der Waals surface area contributed by atoms with Crippen LogP contribution in [0.25, 0.3) is 0 Å². The van der Waals surface area contributed by atoms with E-state index < -0.39 is 18.1 Å². The monoisotopic (exact) mass is 285 g/mol. The second-order valence-corrected chi connectivity index (χ2v) is 4.78. The Balaban J connectivity index is 2.52. The van der Waals surface area contributed by atoms with Crippen molar-refractivity contribution in [2.24, 2.45) is 5.92 Å². The molecule has 2 N–H and O–H groups in total. The van der Waals surface area contributed by atoms with Crippen LogP contribution < -0.4 is 5.32 Å². The van der Waals surface area contributed by atoms with Crippen LogP contribution in [-0.2, 0) is 16.1 Å².